The summed E-state index contributed by atoms with van der Waals surface area (Å²) in [6, 6.07) is 7.28. The van der Waals surface area contributed by atoms with Crippen LogP contribution < -0.4 is 10.4 Å². The highest BCUT2D eigenvalue weighted by Gasteiger charge is 2.25. The number of hydrogen-bond donors (Lipinski definition) is 1. The van der Waals surface area contributed by atoms with Crippen molar-refractivity contribution in [2.45, 2.75) is 40.5 Å². The largest absolute Gasteiger partial charge is 0.374 e. The predicted octanol–water partition coefficient (Wildman–Crippen LogP) is 3.16. The van der Waals surface area contributed by atoms with Gasteiger partial charge in [-0.2, -0.15) is 5.48 Å². The number of amides is 1. The van der Waals surface area contributed by atoms with E-state index in [2.05, 4.69) is 12.4 Å². The first-order valence-corrected chi connectivity index (χ1v) is 7.59. The third-order valence-electron chi connectivity index (χ3n) is 3.26. The molecule has 0 radical (unpaired) electrons. The standard InChI is InChI=1S/C17H26N2O3/c1-6-7-12-19(5)14-11-9-8-10-13(14)15(20)18-22-16(21)17(2,3)4/h8-11H,6-7,12H2,1-5H3,(H,18,20). The summed E-state index contributed by atoms with van der Waals surface area (Å²) in [5, 5.41) is 0. The first-order valence-electron chi connectivity index (χ1n) is 7.59. The molecule has 0 saturated carbocycles. The van der Waals surface area contributed by atoms with Gasteiger partial charge in [-0.1, -0.05) is 25.5 Å². The minimum Gasteiger partial charge on any atom is -0.374 e. The lowest BCUT2D eigenvalue weighted by molar-refractivity contribution is -0.158. The van der Waals surface area contributed by atoms with E-state index in [-0.39, 0.29) is 0 Å². The van der Waals surface area contributed by atoms with E-state index >= 15 is 0 Å². The number of hydroxylamine groups is 1. The summed E-state index contributed by atoms with van der Waals surface area (Å²) in [6.45, 7) is 8.18. The molecule has 5 nitrogen and oxygen atoms in total. The quantitative estimate of drug-likeness (QED) is 0.849. The molecule has 1 N–H and O–H groups in total. The maximum absolute atomic E-state index is 12.3. The van der Waals surface area contributed by atoms with E-state index in [9.17, 15) is 9.59 Å². The number of hydrogen-bond acceptors (Lipinski definition) is 4. The van der Waals surface area contributed by atoms with Gasteiger partial charge in [0.05, 0.1) is 11.0 Å². The Morgan fingerprint density at radius 1 is 1.23 bits per heavy atom. The monoisotopic (exact) mass is 306 g/mol. The summed E-state index contributed by atoms with van der Waals surface area (Å²) in [5.74, 6) is -0.894. The number of para-hydroxylation sites is 1. The van der Waals surface area contributed by atoms with E-state index in [1.807, 2.05) is 24.1 Å². The van der Waals surface area contributed by atoms with Crippen molar-refractivity contribution < 1.29 is 14.4 Å². The number of anilines is 1. The van der Waals surface area contributed by atoms with Gasteiger partial charge in [0, 0.05) is 19.3 Å². The zero-order valence-corrected chi connectivity index (χ0v) is 14.1. The average molecular weight is 306 g/mol. The van der Waals surface area contributed by atoms with Crippen LogP contribution in [-0.2, 0) is 9.63 Å². The molecule has 122 valence electrons. The van der Waals surface area contributed by atoms with Crippen LogP contribution in [-0.4, -0.2) is 25.5 Å². The highest BCUT2D eigenvalue weighted by Crippen LogP contribution is 2.20. The van der Waals surface area contributed by atoms with Gasteiger partial charge in [-0.05, 0) is 39.3 Å². The van der Waals surface area contributed by atoms with Crippen LogP contribution in [0.4, 0.5) is 5.69 Å². The molecule has 0 aliphatic heterocycles. The SMILES string of the molecule is CCCCN(C)c1ccccc1C(=O)NOC(=O)C(C)(C)C. The van der Waals surface area contributed by atoms with Crippen LogP contribution in [0.3, 0.4) is 0 Å². The normalized spacial score (nSPS) is 11.0. The smallest absolute Gasteiger partial charge is 0.337 e. The zero-order valence-electron chi connectivity index (χ0n) is 14.1. The molecule has 0 aromatic heterocycles. The van der Waals surface area contributed by atoms with E-state index in [1.165, 1.54) is 0 Å². The summed E-state index contributed by atoms with van der Waals surface area (Å²) in [5.41, 5.74) is 2.89. The second-order valence-corrected chi connectivity index (χ2v) is 6.36. The first kappa shape index (κ1) is 18.0. The van der Waals surface area contributed by atoms with Crippen molar-refractivity contribution in [2.24, 2.45) is 5.41 Å². The number of carbonyl (C=O) groups is 2. The number of benzene rings is 1. The molecule has 1 aromatic carbocycles. The number of nitrogens with zero attached hydrogens (tertiary/aromatic N) is 1. The molecule has 1 amide bonds. The van der Waals surface area contributed by atoms with E-state index in [1.54, 1.807) is 32.9 Å². The minimum absolute atomic E-state index is 0.420. The van der Waals surface area contributed by atoms with Gasteiger partial charge in [0.2, 0.25) is 0 Å². The molecule has 0 spiro atoms. The molecule has 0 aliphatic carbocycles. The zero-order chi connectivity index (χ0) is 16.8. The summed E-state index contributed by atoms with van der Waals surface area (Å²) in [6.07, 6.45) is 2.13. The molecule has 0 bridgehead atoms. The Labute approximate surface area is 132 Å². The molecular weight excluding hydrogens is 280 g/mol. The molecular formula is C17H26N2O3. The Bertz CT molecular complexity index is 521. The summed E-state index contributed by atoms with van der Waals surface area (Å²) in [4.78, 5) is 30.9. The number of rotatable bonds is 5. The summed E-state index contributed by atoms with van der Waals surface area (Å²) in [7, 11) is 1.95. The number of carbonyl (C=O) groups excluding carboxylic acids is 2. The fourth-order valence-electron chi connectivity index (χ4n) is 1.82. The van der Waals surface area contributed by atoms with Gasteiger partial charge in [-0.25, -0.2) is 4.79 Å². The first-order chi connectivity index (χ1) is 10.3. The Morgan fingerprint density at radius 2 is 1.86 bits per heavy atom. The van der Waals surface area contributed by atoms with Gasteiger partial charge < -0.3 is 9.74 Å². The molecule has 1 aromatic rings. The maximum Gasteiger partial charge on any atom is 0.337 e. The van der Waals surface area contributed by atoms with Gasteiger partial charge in [0.15, 0.2) is 0 Å². The molecule has 0 unspecified atom stereocenters. The van der Waals surface area contributed by atoms with Crippen molar-refractivity contribution in [3.05, 3.63) is 29.8 Å². The number of unbranched alkanes of at least 4 members (excludes halogenated alkanes) is 1. The Morgan fingerprint density at radius 3 is 2.45 bits per heavy atom. The Kier molecular flexibility index (Phi) is 6.40. The van der Waals surface area contributed by atoms with Gasteiger partial charge >= 0.3 is 5.97 Å². The molecule has 5 heteroatoms. The lowest BCUT2D eigenvalue weighted by atomic mass is 9.98. The van der Waals surface area contributed by atoms with Crippen molar-refractivity contribution in [1.29, 1.82) is 0 Å². The fourth-order valence-corrected chi connectivity index (χ4v) is 1.82. The fraction of sp³-hybridized carbons (Fsp3) is 0.529. The molecule has 0 saturated heterocycles. The molecule has 0 aliphatic rings. The van der Waals surface area contributed by atoms with E-state index in [0.29, 0.717) is 5.56 Å². The van der Waals surface area contributed by atoms with Crippen LogP contribution in [0.25, 0.3) is 0 Å². The molecule has 1 rings (SSSR count). The van der Waals surface area contributed by atoms with Crippen molar-refractivity contribution in [1.82, 2.24) is 5.48 Å². The Balaban J connectivity index is 2.79. The van der Waals surface area contributed by atoms with Crippen LogP contribution >= 0.6 is 0 Å². The van der Waals surface area contributed by atoms with E-state index in [0.717, 1.165) is 25.1 Å². The van der Waals surface area contributed by atoms with E-state index in [4.69, 9.17) is 4.84 Å². The van der Waals surface area contributed by atoms with Crippen LogP contribution in [0, 0.1) is 5.41 Å². The third kappa shape index (κ3) is 5.06. The highest BCUT2D eigenvalue weighted by molar-refractivity contribution is 5.99. The number of nitrogens with one attached hydrogen (secondary N) is 1. The lowest BCUT2D eigenvalue weighted by Gasteiger charge is -2.22. The third-order valence-corrected chi connectivity index (χ3v) is 3.26. The molecule has 22 heavy (non-hydrogen) atoms. The highest BCUT2D eigenvalue weighted by atomic mass is 16.7. The van der Waals surface area contributed by atoms with Crippen molar-refractivity contribution in [3.8, 4) is 0 Å². The minimum atomic E-state index is -0.662. The van der Waals surface area contributed by atoms with Crippen LogP contribution in [0.15, 0.2) is 24.3 Å². The van der Waals surface area contributed by atoms with Crippen LogP contribution in [0.2, 0.25) is 0 Å². The van der Waals surface area contributed by atoms with Crippen molar-refractivity contribution in [2.75, 3.05) is 18.5 Å². The van der Waals surface area contributed by atoms with Crippen molar-refractivity contribution in [3.63, 3.8) is 0 Å². The lowest BCUT2D eigenvalue weighted by Crippen LogP contribution is -2.34. The van der Waals surface area contributed by atoms with Gasteiger partial charge in [0.1, 0.15) is 0 Å². The van der Waals surface area contributed by atoms with Gasteiger partial charge in [-0.3, -0.25) is 4.79 Å². The van der Waals surface area contributed by atoms with E-state index < -0.39 is 17.3 Å². The van der Waals surface area contributed by atoms with Crippen LogP contribution in [0.1, 0.15) is 50.9 Å². The topological polar surface area (TPSA) is 58.6 Å². The maximum atomic E-state index is 12.3. The Hall–Kier alpha value is -2.04. The van der Waals surface area contributed by atoms with Crippen molar-refractivity contribution >= 4 is 17.6 Å². The summed E-state index contributed by atoms with van der Waals surface area (Å²) < 4.78 is 0. The molecule has 0 fully saturated rings. The summed E-state index contributed by atoms with van der Waals surface area (Å²) >= 11 is 0. The second kappa shape index (κ2) is 7.82. The predicted molar refractivity (Wildman–Crippen MR) is 87.6 cm³/mol. The average Bonchev–Trinajstić information content (AvgIpc) is 2.48. The van der Waals surface area contributed by atoms with Gasteiger partial charge in [-0.15, -0.1) is 0 Å². The van der Waals surface area contributed by atoms with Gasteiger partial charge in [0.25, 0.3) is 5.91 Å². The second-order valence-electron chi connectivity index (χ2n) is 6.36. The van der Waals surface area contributed by atoms with Crippen LogP contribution in [0.5, 0.6) is 0 Å². The molecule has 0 heterocycles. The molecule has 0 atom stereocenters.